The summed E-state index contributed by atoms with van der Waals surface area (Å²) in [7, 11) is 0. The number of para-hydroxylation sites is 1. The lowest BCUT2D eigenvalue weighted by atomic mass is 9.88. The molecule has 0 radical (unpaired) electrons. The number of amides is 5. The predicted octanol–water partition coefficient (Wildman–Crippen LogP) is 3.38. The average molecular weight is 447 g/mol. The van der Waals surface area contributed by atoms with Crippen LogP contribution >= 0.6 is 0 Å². The molecule has 3 heterocycles. The third-order valence-corrected chi connectivity index (χ3v) is 6.86. The van der Waals surface area contributed by atoms with E-state index in [1.807, 2.05) is 25.1 Å². The molecule has 0 saturated carbocycles. The SMILES string of the molecule is C[C@@H]1C[C@H](C)c2ccccc2N1C(=O)Nc1ccc2c(c1)CN(C1CCC(=O)NC1=O)C2=O. The molecule has 0 spiro atoms. The van der Waals surface area contributed by atoms with Gasteiger partial charge in [-0.1, -0.05) is 25.1 Å². The zero-order valence-electron chi connectivity index (χ0n) is 18.6. The van der Waals surface area contributed by atoms with Crippen LogP contribution in [0.4, 0.5) is 16.2 Å². The van der Waals surface area contributed by atoms with Crippen molar-refractivity contribution in [2.24, 2.45) is 0 Å². The van der Waals surface area contributed by atoms with Crippen molar-refractivity contribution in [2.45, 2.75) is 57.7 Å². The minimum absolute atomic E-state index is 0.0499. The summed E-state index contributed by atoms with van der Waals surface area (Å²) >= 11 is 0. The summed E-state index contributed by atoms with van der Waals surface area (Å²) < 4.78 is 0. The molecule has 1 unspecified atom stereocenters. The highest BCUT2D eigenvalue weighted by molar-refractivity contribution is 6.06. The maximum atomic E-state index is 13.2. The van der Waals surface area contributed by atoms with Crippen molar-refractivity contribution in [1.29, 1.82) is 0 Å². The van der Waals surface area contributed by atoms with Gasteiger partial charge in [-0.15, -0.1) is 0 Å². The zero-order valence-corrected chi connectivity index (χ0v) is 18.6. The number of carbonyl (C=O) groups is 4. The number of benzene rings is 2. The van der Waals surface area contributed by atoms with Gasteiger partial charge in [0.2, 0.25) is 11.8 Å². The summed E-state index contributed by atoms with van der Waals surface area (Å²) in [4.78, 5) is 53.1. The lowest BCUT2D eigenvalue weighted by molar-refractivity contribution is -0.136. The molecule has 2 aromatic rings. The van der Waals surface area contributed by atoms with Gasteiger partial charge in [-0.3, -0.25) is 24.6 Å². The fraction of sp³-hybridized carbons (Fsp3) is 0.360. The Morgan fingerprint density at radius 3 is 2.67 bits per heavy atom. The van der Waals surface area contributed by atoms with E-state index >= 15 is 0 Å². The molecule has 5 rings (SSSR count). The van der Waals surface area contributed by atoms with Crippen molar-refractivity contribution in [1.82, 2.24) is 10.2 Å². The Morgan fingerprint density at radius 2 is 1.88 bits per heavy atom. The normalized spacial score (nSPS) is 24.3. The molecule has 8 heteroatoms. The monoisotopic (exact) mass is 446 g/mol. The van der Waals surface area contributed by atoms with Crippen LogP contribution in [0, 0.1) is 0 Å². The number of piperidine rings is 1. The number of anilines is 2. The molecule has 1 fully saturated rings. The molecule has 3 atom stereocenters. The second-order valence-electron chi connectivity index (χ2n) is 9.12. The minimum atomic E-state index is -0.659. The van der Waals surface area contributed by atoms with Crippen molar-refractivity contribution in [3.63, 3.8) is 0 Å². The van der Waals surface area contributed by atoms with Crippen LogP contribution in [0.1, 0.15) is 60.5 Å². The molecule has 2 aromatic carbocycles. The van der Waals surface area contributed by atoms with E-state index in [1.54, 1.807) is 23.1 Å². The molecule has 0 aromatic heterocycles. The van der Waals surface area contributed by atoms with Crippen LogP contribution in [0.3, 0.4) is 0 Å². The van der Waals surface area contributed by atoms with Gasteiger partial charge < -0.3 is 10.2 Å². The van der Waals surface area contributed by atoms with E-state index in [0.29, 0.717) is 23.6 Å². The first kappa shape index (κ1) is 21.2. The van der Waals surface area contributed by atoms with E-state index in [9.17, 15) is 19.2 Å². The first-order valence-corrected chi connectivity index (χ1v) is 11.3. The largest absolute Gasteiger partial charge is 0.326 e. The predicted molar refractivity (Wildman–Crippen MR) is 123 cm³/mol. The van der Waals surface area contributed by atoms with E-state index in [0.717, 1.165) is 23.2 Å². The van der Waals surface area contributed by atoms with Gasteiger partial charge in [-0.25, -0.2) is 4.79 Å². The van der Waals surface area contributed by atoms with Gasteiger partial charge in [0.1, 0.15) is 6.04 Å². The van der Waals surface area contributed by atoms with Gasteiger partial charge >= 0.3 is 6.03 Å². The number of nitrogens with one attached hydrogen (secondary N) is 2. The van der Waals surface area contributed by atoms with Gasteiger partial charge in [0.15, 0.2) is 0 Å². The highest BCUT2D eigenvalue weighted by Crippen LogP contribution is 2.38. The van der Waals surface area contributed by atoms with E-state index in [1.165, 1.54) is 4.90 Å². The van der Waals surface area contributed by atoms with Gasteiger partial charge in [0.25, 0.3) is 5.91 Å². The first-order valence-electron chi connectivity index (χ1n) is 11.3. The number of hydrogen-bond acceptors (Lipinski definition) is 4. The molecule has 170 valence electrons. The minimum Gasteiger partial charge on any atom is -0.322 e. The molecular weight excluding hydrogens is 420 g/mol. The third-order valence-electron chi connectivity index (χ3n) is 6.86. The summed E-state index contributed by atoms with van der Waals surface area (Å²) in [6, 6.07) is 12.3. The van der Waals surface area contributed by atoms with Gasteiger partial charge in [-0.2, -0.15) is 0 Å². The summed E-state index contributed by atoms with van der Waals surface area (Å²) in [5.41, 5.74) is 3.94. The number of nitrogens with zero attached hydrogens (tertiary/aromatic N) is 2. The smallest absolute Gasteiger partial charge is 0.322 e. The van der Waals surface area contributed by atoms with Crippen molar-refractivity contribution >= 4 is 35.1 Å². The van der Waals surface area contributed by atoms with Crippen LogP contribution in [0.2, 0.25) is 0 Å². The molecule has 0 bridgehead atoms. The standard InChI is InChI=1S/C25H26N4O4/c1-14-11-15(2)29(20-6-4-3-5-18(14)20)25(33)26-17-7-8-19-16(12-17)13-28(24(19)32)21-9-10-22(30)27-23(21)31/h3-8,12,14-15,21H,9-11,13H2,1-2H3,(H,26,33)(H,27,30,31)/t14-,15+,21?/m0/s1. The lowest BCUT2D eigenvalue weighted by Gasteiger charge is -2.38. The number of carbonyl (C=O) groups excluding carboxylic acids is 4. The molecule has 0 aliphatic carbocycles. The van der Waals surface area contributed by atoms with E-state index < -0.39 is 11.9 Å². The summed E-state index contributed by atoms with van der Waals surface area (Å²) in [5, 5.41) is 5.29. The van der Waals surface area contributed by atoms with Crippen molar-refractivity contribution in [2.75, 3.05) is 10.2 Å². The highest BCUT2D eigenvalue weighted by Gasteiger charge is 2.39. The quantitative estimate of drug-likeness (QED) is 0.691. The number of hydrogen-bond donors (Lipinski definition) is 2. The van der Waals surface area contributed by atoms with Crippen LogP contribution in [0.5, 0.6) is 0 Å². The van der Waals surface area contributed by atoms with E-state index in [4.69, 9.17) is 0 Å². The zero-order chi connectivity index (χ0) is 23.3. The molecule has 1 saturated heterocycles. The van der Waals surface area contributed by atoms with Crippen LogP contribution in [0.15, 0.2) is 42.5 Å². The molecular formula is C25H26N4O4. The number of fused-ring (bicyclic) bond motifs is 2. The maximum absolute atomic E-state index is 13.2. The Hall–Kier alpha value is -3.68. The summed E-state index contributed by atoms with van der Waals surface area (Å²) in [6.07, 6.45) is 1.41. The number of rotatable bonds is 2. The van der Waals surface area contributed by atoms with Crippen LogP contribution in [-0.2, 0) is 16.1 Å². The van der Waals surface area contributed by atoms with Gasteiger partial charge in [-0.05, 0) is 61.1 Å². The van der Waals surface area contributed by atoms with E-state index in [2.05, 4.69) is 23.6 Å². The second-order valence-corrected chi connectivity index (χ2v) is 9.12. The highest BCUT2D eigenvalue weighted by atomic mass is 16.2. The lowest BCUT2D eigenvalue weighted by Crippen LogP contribution is -2.52. The Bertz CT molecular complexity index is 1180. The van der Waals surface area contributed by atoms with E-state index in [-0.39, 0.29) is 36.9 Å². The summed E-state index contributed by atoms with van der Waals surface area (Å²) in [5.74, 6) is -0.601. The van der Waals surface area contributed by atoms with Crippen LogP contribution < -0.4 is 15.5 Å². The van der Waals surface area contributed by atoms with Crippen molar-refractivity contribution in [3.8, 4) is 0 Å². The van der Waals surface area contributed by atoms with Crippen molar-refractivity contribution < 1.29 is 19.2 Å². The first-order chi connectivity index (χ1) is 15.8. The van der Waals surface area contributed by atoms with Crippen LogP contribution in [-0.4, -0.2) is 40.7 Å². The van der Waals surface area contributed by atoms with Crippen molar-refractivity contribution in [3.05, 3.63) is 59.2 Å². The van der Waals surface area contributed by atoms with Gasteiger partial charge in [0.05, 0.1) is 0 Å². The molecule has 5 amide bonds. The fourth-order valence-electron chi connectivity index (χ4n) is 5.25. The topological polar surface area (TPSA) is 98.8 Å². The van der Waals surface area contributed by atoms with Gasteiger partial charge in [0, 0.05) is 35.9 Å². The number of urea groups is 1. The molecule has 8 nitrogen and oxygen atoms in total. The molecule has 33 heavy (non-hydrogen) atoms. The molecule has 3 aliphatic heterocycles. The third kappa shape index (κ3) is 3.65. The molecule has 2 N–H and O–H groups in total. The Labute approximate surface area is 191 Å². The average Bonchev–Trinajstić information content (AvgIpc) is 3.09. The number of imide groups is 1. The molecule has 3 aliphatic rings. The maximum Gasteiger partial charge on any atom is 0.326 e. The summed E-state index contributed by atoms with van der Waals surface area (Å²) in [6.45, 7) is 4.49. The second kappa shape index (κ2) is 8.03. The Kier molecular flexibility index (Phi) is 5.15. The van der Waals surface area contributed by atoms with Crippen LogP contribution in [0.25, 0.3) is 0 Å². The Morgan fingerprint density at radius 1 is 1.09 bits per heavy atom. The fourth-order valence-corrected chi connectivity index (χ4v) is 5.25. The Balaban J connectivity index is 1.35.